The minimum Gasteiger partial charge on any atom is -0.452 e. The van der Waals surface area contributed by atoms with Crippen molar-refractivity contribution in [3.05, 3.63) is 58.7 Å². The monoisotopic (exact) mass is 487 g/mol. The van der Waals surface area contributed by atoms with E-state index in [1.807, 2.05) is 0 Å². The van der Waals surface area contributed by atoms with Crippen LogP contribution in [0.4, 0.5) is 5.69 Å². The number of carbonyl (C=O) groups is 4. The highest BCUT2D eigenvalue weighted by Gasteiger charge is 2.33. The zero-order chi connectivity index (χ0) is 25.2. The number of ether oxygens (including phenoxy) is 1. The molecule has 1 N–H and O–H groups in total. The van der Waals surface area contributed by atoms with Gasteiger partial charge in [-0.25, -0.2) is 13.2 Å². The lowest BCUT2D eigenvalue weighted by atomic mass is 10.1. The Morgan fingerprint density at radius 2 is 1.65 bits per heavy atom. The Labute approximate surface area is 197 Å². The Bertz CT molecular complexity index is 1280. The predicted molar refractivity (Wildman–Crippen MR) is 123 cm³/mol. The molecule has 11 heteroatoms. The Balaban J connectivity index is 1.68. The van der Waals surface area contributed by atoms with E-state index in [0.29, 0.717) is 5.56 Å². The van der Waals surface area contributed by atoms with Crippen LogP contribution in [0.2, 0.25) is 0 Å². The van der Waals surface area contributed by atoms with Gasteiger partial charge in [-0.15, -0.1) is 0 Å². The molecule has 1 heterocycles. The average Bonchev–Trinajstić information content (AvgIpc) is 3.01. The highest BCUT2D eigenvalue weighted by molar-refractivity contribution is 7.89. The normalized spacial score (nSPS) is 13.3. The summed E-state index contributed by atoms with van der Waals surface area (Å²) >= 11 is 0. The van der Waals surface area contributed by atoms with E-state index < -0.39 is 40.3 Å². The third kappa shape index (κ3) is 4.70. The Hall–Kier alpha value is -3.57. The molecule has 3 amide bonds. The Morgan fingerprint density at radius 3 is 2.29 bits per heavy atom. The molecule has 0 fully saturated rings. The van der Waals surface area contributed by atoms with Crippen molar-refractivity contribution in [3.63, 3.8) is 0 Å². The van der Waals surface area contributed by atoms with Crippen LogP contribution in [0.3, 0.4) is 0 Å². The maximum Gasteiger partial charge on any atom is 0.338 e. The van der Waals surface area contributed by atoms with Crippen LogP contribution in [0.15, 0.2) is 41.3 Å². The van der Waals surface area contributed by atoms with Crippen LogP contribution in [0.1, 0.15) is 50.5 Å². The molecule has 0 aliphatic carbocycles. The number of esters is 1. The summed E-state index contributed by atoms with van der Waals surface area (Å²) in [5, 5.41) is 2.50. The summed E-state index contributed by atoms with van der Waals surface area (Å²) in [6.45, 7) is 5.01. The van der Waals surface area contributed by atoms with Crippen molar-refractivity contribution in [3.8, 4) is 0 Å². The smallest absolute Gasteiger partial charge is 0.338 e. The molecule has 2 aromatic carbocycles. The first-order chi connectivity index (χ1) is 16.0. The Morgan fingerprint density at radius 1 is 1.00 bits per heavy atom. The van der Waals surface area contributed by atoms with E-state index in [9.17, 15) is 27.6 Å². The second-order valence-corrected chi connectivity index (χ2v) is 9.53. The zero-order valence-corrected chi connectivity index (χ0v) is 20.1. The average molecular weight is 488 g/mol. The van der Waals surface area contributed by atoms with Gasteiger partial charge in [0.1, 0.15) is 0 Å². The maximum atomic E-state index is 12.9. The number of aryl methyl sites for hydroxylation is 1. The van der Waals surface area contributed by atoms with Crippen molar-refractivity contribution >= 4 is 39.4 Å². The lowest BCUT2D eigenvalue weighted by Gasteiger charge is -2.20. The second kappa shape index (κ2) is 9.74. The fraction of sp³-hybridized carbons (Fsp3) is 0.304. The molecule has 1 aliphatic heterocycles. The number of hydrogen-bond donors (Lipinski definition) is 1. The molecule has 0 atom stereocenters. The minimum absolute atomic E-state index is 0.00238. The molecule has 0 saturated heterocycles. The molecule has 34 heavy (non-hydrogen) atoms. The lowest BCUT2D eigenvalue weighted by molar-refractivity contribution is -0.119. The van der Waals surface area contributed by atoms with Crippen LogP contribution in [0.5, 0.6) is 0 Å². The molecule has 10 nitrogen and oxygen atoms in total. The summed E-state index contributed by atoms with van der Waals surface area (Å²) in [5.41, 5.74) is 1.15. The van der Waals surface area contributed by atoms with Crippen molar-refractivity contribution in [2.75, 3.05) is 32.1 Å². The SMILES string of the molecule is CCN(CC)S(=O)(=O)c1cc(C(=O)OCC(=O)Nc2ccc3c(c2)C(=O)N(C)C3=O)ccc1C. The standard InChI is InChI=1S/C23H25N3O7S/c1-5-26(6-2)34(31,32)19-11-15(8-7-14(19)3)23(30)33-13-20(27)24-16-9-10-17-18(12-16)22(29)25(4)21(17)28/h7-12H,5-6,13H2,1-4H3,(H,24,27). The van der Waals surface area contributed by atoms with E-state index in [1.165, 1.54) is 47.8 Å². The van der Waals surface area contributed by atoms with Crippen molar-refractivity contribution in [1.29, 1.82) is 0 Å². The minimum atomic E-state index is -3.79. The molecule has 2 aromatic rings. The van der Waals surface area contributed by atoms with E-state index in [0.717, 1.165) is 4.90 Å². The number of nitrogens with one attached hydrogen (secondary N) is 1. The van der Waals surface area contributed by atoms with Gasteiger partial charge in [0, 0.05) is 25.8 Å². The number of hydrogen-bond acceptors (Lipinski definition) is 7. The van der Waals surface area contributed by atoms with Crippen LogP contribution >= 0.6 is 0 Å². The fourth-order valence-corrected chi connectivity index (χ4v) is 5.27. The molecule has 0 spiro atoms. The Kier molecular flexibility index (Phi) is 7.18. The van der Waals surface area contributed by atoms with Gasteiger partial charge in [0.15, 0.2) is 6.61 Å². The first kappa shape index (κ1) is 25.1. The number of amides is 3. The molecular weight excluding hydrogens is 462 g/mol. The molecule has 180 valence electrons. The molecule has 1 aliphatic rings. The maximum absolute atomic E-state index is 12.9. The third-order valence-electron chi connectivity index (χ3n) is 5.45. The summed E-state index contributed by atoms with van der Waals surface area (Å²) in [6, 6.07) is 8.45. The largest absolute Gasteiger partial charge is 0.452 e. The molecular formula is C23H25N3O7S. The molecule has 0 saturated carbocycles. The molecule has 0 radical (unpaired) electrons. The molecule has 0 bridgehead atoms. The number of sulfonamides is 1. The highest BCUT2D eigenvalue weighted by atomic mass is 32.2. The van der Waals surface area contributed by atoms with E-state index in [1.54, 1.807) is 20.8 Å². The summed E-state index contributed by atoms with van der Waals surface area (Å²) < 4.78 is 32.1. The van der Waals surface area contributed by atoms with Crippen LogP contribution in [0.25, 0.3) is 0 Å². The number of imide groups is 1. The van der Waals surface area contributed by atoms with Gasteiger partial charge >= 0.3 is 5.97 Å². The number of nitrogens with zero attached hydrogens (tertiary/aromatic N) is 2. The summed E-state index contributed by atoms with van der Waals surface area (Å²) in [4.78, 5) is 49.7. The first-order valence-corrected chi connectivity index (χ1v) is 12.0. The topological polar surface area (TPSA) is 130 Å². The lowest BCUT2D eigenvalue weighted by Crippen LogP contribution is -2.31. The fourth-order valence-electron chi connectivity index (χ4n) is 3.56. The number of benzene rings is 2. The summed E-state index contributed by atoms with van der Waals surface area (Å²) in [7, 11) is -2.42. The molecule has 0 aromatic heterocycles. The third-order valence-corrected chi connectivity index (χ3v) is 7.65. The molecule has 3 rings (SSSR count). The van der Waals surface area contributed by atoms with Crippen LogP contribution in [-0.4, -0.2) is 68.1 Å². The van der Waals surface area contributed by atoms with E-state index >= 15 is 0 Å². The van der Waals surface area contributed by atoms with E-state index in [-0.39, 0.29) is 40.4 Å². The number of rotatable bonds is 8. The van der Waals surface area contributed by atoms with Crippen LogP contribution < -0.4 is 5.32 Å². The van der Waals surface area contributed by atoms with Crippen molar-refractivity contribution in [2.24, 2.45) is 0 Å². The number of anilines is 1. The molecule has 0 unspecified atom stereocenters. The summed E-state index contributed by atoms with van der Waals surface area (Å²) in [6.07, 6.45) is 0. The van der Waals surface area contributed by atoms with Gasteiger partial charge in [-0.3, -0.25) is 19.3 Å². The predicted octanol–water partition coefficient (Wildman–Crippen LogP) is 2.05. The van der Waals surface area contributed by atoms with Gasteiger partial charge in [0.25, 0.3) is 17.7 Å². The van der Waals surface area contributed by atoms with Crippen molar-refractivity contribution < 1.29 is 32.3 Å². The van der Waals surface area contributed by atoms with Gasteiger partial charge in [0.2, 0.25) is 10.0 Å². The van der Waals surface area contributed by atoms with Crippen molar-refractivity contribution in [2.45, 2.75) is 25.7 Å². The van der Waals surface area contributed by atoms with Crippen LogP contribution in [-0.2, 0) is 19.6 Å². The second-order valence-electron chi connectivity index (χ2n) is 7.62. The zero-order valence-electron chi connectivity index (χ0n) is 19.2. The van der Waals surface area contributed by atoms with Crippen LogP contribution in [0, 0.1) is 6.92 Å². The van der Waals surface area contributed by atoms with E-state index in [4.69, 9.17) is 4.74 Å². The van der Waals surface area contributed by atoms with Gasteiger partial charge in [-0.2, -0.15) is 4.31 Å². The van der Waals surface area contributed by atoms with E-state index in [2.05, 4.69) is 5.32 Å². The van der Waals surface area contributed by atoms with Gasteiger partial charge < -0.3 is 10.1 Å². The van der Waals surface area contributed by atoms with Gasteiger partial charge in [0.05, 0.1) is 21.6 Å². The number of fused-ring (bicyclic) bond motifs is 1. The highest BCUT2D eigenvalue weighted by Crippen LogP contribution is 2.25. The number of carbonyl (C=O) groups excluding carboxylic acids is 4. The van der Waals surface area contributed by atoms with Crippen molar-refractivity contribution in [1.82, 2.24) is 9.21 Å². The van der Waals surface area contributed by atoms with Gasteiger partial charge in [-0.1, -0.05) is 19.9 Å². The quantitative estimate of drug-likeness (QED) is 0.445. The summed E-state index contributed by atoms with van der Waals surface area (Å²) in [5.74, 6) is -2.42. The van der Waals surface area contributed by atoms with Gasteiger partial charge in [-0.05, 0) is 42.8 Å². The first-order valence-electron chi connectivity index (χ1n) is 10.6.